The maximum atomic E-state index is 13.0. The molecule has 0 aromatic heterocycles. The molecule has 1 aliphatic heterocycles. The maximum Gasteiger partial charge on any atom is 0.319 e. The van der Waals surface area contributed by atoms with E-state index in [-0.39, 0.29) is 5.78 Å². The van der Waals surface area contributed by atoms with Crippen LogP contribution in [0.15, 0.2) is 59.1 Å². The average Bonchev–Trinajstić information content (AvgIpc) is 2.54. The van der Waals surface area contributed by atoms with Gasteiger partial charge in [0, 0.05) is 10.0 Å². The molecule has 2 aromatic rings. The highest BCUT2D eigenvalue weighted by Gasteiger charge is 2.51. The highest BCUT2D eigenvalue weighted by molar-refractivity contribution is 9.10. The van der Waals surface area contributed by atoms with Gasteiger partial charge in [-0.3, -0.25) is 9.59 Å². The first-order valence-corrected chi connectivity index (χ1v) is 8.27. The summed E-state index contributed by atoms with van der Waals surface area (Å²) in [5, 5.41) is 0. The summed E-state index contributed by atoms with van der Waals surface area (Å²) in [6, 6.07) is 17.0. The van der Waals surface area contributed by atoms with Gasteiger partial charge in [-0.1, -0.05) is 64.5 Å². The lowest BCUT2D eigenvalue weighted by Gasteiger charge is -2.38. The third-order valence-electron chi connectivity index (χ3n) is 4.32. The second kappa shape index (κ2) is 5.93. The number of carbonyl (C=O) groups is 2. The normalized spacial score (nSPS) is 23.4. The van der Waals surface area contributed by atoms with Crippen LogP contribution < -0.4 is 0 Å². The molecule has 0 saturated carbocycles. The van der Waals surface area contributed by atoms with E-state index in [1.807, 2.05) is 54.6 Å². The second-order valence-corrected chi connectivity index (χ2v) is 7.08. The first kappa shape index (κ1) is 15.9. The minimum atomic E-state index is -1.14. The van der Waals surface area contributed by atoms with Crippen LogP contribution in [0.3, 0.4) is 0 Å². The Labute approximate surface area is 143 Å². The van der Waals surface area contributed by atoms with E-state index < -0.39 is 23.4 Å². The number of cyclic esters (lactones) is 1. The van der Waals surface area contributed by atoms with Crippen LogP contribution in [-0.4, -0.2) is 11.8 Å². The number of esters is 1. The standard InChI is InChI=1S/C19H17BrO3/c1-19(2)17(21)15(12-8-4-3-5-9-12)16(23-18(19)22)13-10-6-7-11-14(13)20/h3-11,15-16H,1-2H3/t15-,16-/m0/s1. The molecule has 0 unspecified atom stereocenters. The second-order valence-electron chi connectivity index (χ2n) is 6.23. The lowest BCUT2D eigenvalue weighted by atomic mass is 9.72. The monoisotopic (exact) mass is 372 g/mol. The Kier molecular flexibility index (Phi) is 4.11. The fourth-order valence-electron chi connectivity index (χ4n) is 2.89. The summed E-state index contributed by atoms with van der Waals surface area (Å²) in [5.41, 5.74) is 0.524. The van der Waals surface area contributed by atoms with Crippen LogP contribution in [0, 0.1) is 5.41 Å². The molecule has 1 saturated heterocycles. The van der Waals surface area contributed by atoms with Crippen LogP contribution in [0.2, 0.25) is 0 Å². The highest BCUT2D eigenvalue weighted by Crippen LogP contribution is 2.46. The quantitative estimate of drug-likeness (QED) is 0.578. The van der Waals surface area contributed by atoms with Crippen molar-refractivity contribution in [1.29, 1.82) is 0 Å². The van der Waals surface area contributed by atoms with Crippen molar-refractivity contribution in [3.8, 4) is 0 Å². The molecule has 118 valence electrons. The largest absolute Gasteiger partial charge is 0.456 e. The molecule has 2 atom stereocenters. The van der Waals surface area contributed by atoms with E-state index in [4.69, 9.17) is 4.74 Å². The van der Waals surface area contributed by atoms with Gasteiger partial charge in [-0.05, 0) is 25.5 Å². The van der Waals surface area contributed by atoms with Crippen molar-refractivity contribution < 1.29 is 14.3 Å². The fraction of sp³-hybridized carbons (Fsp3) is 0.263. The number of benzene rings is 2. The van der Waals surface area contributed by atoms with Crippen molar-refractivity contribution in [2.75, 3.05) is 0 Å². The molecule has 0 aliphatic carbocycles. The van der Waals surface area contributed by atoms with Gasteiger partial charge in [0.25, 0.3) is 0 Å². The maximum absolute atomic E-state index is 13.0. The molecule has 0 spiro atoms. The van der Waals surface area contributed by atoms with E-state index in [2.05, 4.69) is 15.9 Å². The van der Waals surface area contributed by atoms with E-state index in [9.17, 15) is 9.59 Å². The van der Waals surface area contributed by atoms with Crippen molar-refractivity contribution in [1.82, 2.24) is 0 Å². The van der Waals surface area contributed by atoms with Gasteiger partial charge in [-0.15, -0.1) is 0 Å². The van der Waals surface area contributed by atoms with Crippen molar-refractivity contribution in [3.63, 3.8) is 0 Å². The van der Waals surface area contributed by atoms with E-state index in [1.54, 1.807) is 13.8 Å². The number of hydrogen-bond donors (Lipinski definition) is 0. The molecule has 0 bridgehead atoms. The van der Waals surface area contributed by atoms with Gasteiger partial charge in [0.05, 0.1) is 5.92 Å². The van der Waals surface area contributed by atoms with Crippen molar-refractivity contribution in [2.24, 2.45) is 5.41 Å². The van der Waals surface area contributed by atoms with Crippen molar-refractivity contribution in [3.05, 3.63) is 70.2 Å². The number of ether oxygens (including phenoxy) is 1. The van der Waals surface area contributed by atoms with E-state index in [0.29, 0.717) is 0 Å². The van der Waals surface area contributed by atoms with Gasteiger partial charge in [0.2, 0.25) is 0 Å². The Bertz CT molecular complexity index is 752. The van der Waals surface area contributed by atoms with Gasteiger partial charge >= 0.3 is 5.97 Å². The summed E-state index contributed by atoms with van der Waals surface area (Å²) in [5.74, 6) is -1.10. The first-order chi connectivity index (χ1) is 10.9. The summed E-state index contributed by atoms with van der Waals surface area (Å²) in [4.78, 5) is 25.4. The predicted octanol–water partition coefficient (Wildman–Crippen LogP) is 4.43. The molecule has 1 aliphatic rings. The Morgan fingerprint density at radius 3 is 2.22 bits per heavy atom. The number of rotatable bonds is 2. The molecule has 0 N–H and O–H groups in total. The average molecular weight is 373 g/mol. The van der Waals surface area contributed by atoms with Crippen LogP contribution >= 0.6 is 15.9 Å². The fourth-order valence-corrected chi connectivity index (χ4v) is 3.40. The lowest BCUT2D eigenvalue weighted by molar-refractivity contribution is -0.174. The van der Waals surface area contributed by atoms with Gasteiger partial charge < -0.3 is 4.74 Å². The molecule has 1 heterocycles. The van der Waals surface area contributed by atoms with Crippen molar-refractivity contribution in [2.45, 2.75) is 25.9 Å². The van der Waals surface area contributed by atoms with Crippen LogP contribution in [0.1, 0.15) is 37.0 Å². The summed E-state index contributed by atoms with van der Waals surface area (Å²) >= 11 is 3.50. The zero-order chi connectivity index (χ0) is 16.6. The zero-order valence-corrected chi connectivity index (χ0v) is 14.5. The van der Waals surface area contributed by atoms with Crippen LogP contribution in [0.5, 0.6) is 0 Å². The molecule has 23 heavy (non-hydrogen) atoms. The molecule has 2 aromatic carbocycles. The molecule has 3 nitrogen and oxygen atoms in total. The smallest absolute Gasteiger partial charge is 0.319 e. The number of ketones is 1. The van der Waals surface area contributed by atoms with Gasteiger partial charge in [-0.25, -0.2) is 0 Å². The summed E-state index contributed by atoms with van der Waals surface area (Å²) in [7, 11) is 0. The molecular formula is C19H17BrO3. The van der Waals surface area contributed by atoms with E-state index in [1.165, 1.54) is 0 Å². The number of halogens is 1. The van der Waals surface area contributed by atoms with Crippen LogP contribution in [0.25, 0.3) is 0 Å². The predicted molar refractivity (Wildman–Crippen MR) is 90.9 cm³/mol. The Balaban J connectivity index is 2.14. The minimum Gasteiger partial charge on any atom is -0.456 e. The molecule has 1 fully saturated rings. The number of Topliss-reactive ketones (excluding diaryl/α,β-unsaturated/α-hetero) is 1. The Hall–Kier alpha value is -1.94. The van der Waals surface area contributed by atoms with Crippen LogP contribution in [-0.2, 0) is 14.3 Å². The van der Waals surface area contributed by atoms with Gasteiger partial charge in [-0.2, -0.15) is 0 Å². The summed E-state index contributed by atoms with van der Waals surface area (Å²) in [6.07, 6.45) is -0.624. The Morgan fingerprint density at radius 1 is 0.957 bits per heavy atom. The topological polar surface area (TPSA) is 43.4 Å². The number of hydrogen-bond acceptors (Lipinski definition) is 3. The molecular weight excluding hydrogens is 356 g/mol. The summed E-state index contributed by atoms with van der Waals surface area (Å²) < 4.78 is 6.54. The summed E-state index contributed by atoms with van der Waals surface area (Å²) in [6.45, 7) is 3.26. The first-order valence-electron chi connectivity index (χ1n) is 7.47. The van der Waals surface area contributed by atoms with Gasteiger partial charge in [0.1, 0.15) is 11.5 Å². The van der Waals surface area contributed by atoms with Gasteiger partial charge in [0.15, 0.2) is 5.78 Å². The molecule has 3 rings (SSSR count). The Morgan fingerprint density at radius 2 is 1.57 bits per heavy atom. The molecule has 0 radical (unpaired) electrons. The highest BCUT2D eigenvalue weighted by atomic mass is 79.9. The van der Waals surface area contributed by atoms with Crippen molar-refractivity contribution >= 4 is 27.7 Å². The van der Waals surface area contributed by atoms with E-state index >= 15 is 0 Å². The third-order valence-corrected chi connectivity index (χ3v) is 5.04. The minimum absolute atomic E-state index is 0.110. The lowest BCUT2D eigenvalue weighted by Crippen LogP contribution is -2.46. The number of carbonyl (C=O) groups excluding carboxylic acids is 2. The molecule has 0 amide bonds. The third kappa shape index (κ3) is 2.72. The van der Waals surface area contributed by atoms with Crippen LogP contribution in [0.4, 0.5) is 0 Å². The zero-order valence-electron chi connectivity index (χ0n) is 13.0. The molecule has 4 heteroatoms. The van der Waals surface area contributed by atoms with E-state index in [0.717, 1.165) is 15.6 Å². The SMILES string of the molecule is CC1(C)C(=O)O[C@@H](c2ccccc2Br)[C@H](c2ccccc2)C1=O.